The Hall–Kier alpha value is -1.93. The minimum absolute atomic E-state index is 0.204. The summed E-state index contributed by atoms with van der Waals surface area (Å²) in [7, 11) is 0. The highest BCUT2D eigenvalue weighted by Gasteiger charge is 2.13. The van der Waals surface area contributed by atoms with Crippen molar-refractivity contribution in [2.45, 2.75) is 6.92 Å². The number of amides is 1. The topological polar surface area (TPSA) is 80.7 Å². The van der Waals surface area contributed by atoms with Crippen LogP contribution in [0, 0.1) is 6.92 Å². The fraction of sp³-hybridized carbons (Fsp3) is 0.100. The van der Waals surface area contributed by atoms with E-state index in [4.69, 9.17) is 0 Å². The van der Waals surface area contributed by atoms with Crippen molar-refractivity contribution in [2.75, 3.05) is 5.32 Å². The van der Waals surface area contributed by atoms with Gasteiger partial charge in [0.2, 0.25) is 0 Å². The molecule has 0 spiro atoms. The van der Waals surface area contributed by atoms with Gasteiger partial charge in [0, 0.05) is 5.69 Å². The van der Waals surface area contributed by atoms with Crippen LogP contribution in [0.4, 0.5) is 5.69 Å². The van der Waals surface area contributed by atoms with Gasteiger partial charge in [0.15, 0.2) is 0 Å². The maximum atomic E-state index is 12.0. The van der Waals surface area contributed by atoms with Crippen molar-refractivity contribution in [3.05, 3.63) is 28.8 Å². The predicted octanol–water partition coefficient (Wildman–Crippen LogP) is 2.10. The van der Waals surface area contributed by atoms with Crippen LogP contribution < -0.4 is 5.32 Å². The molecule has 0 aliphatic rings. The van der Waals surface area contributed by atoms with Gasteiger partial charge in [-0.1, -0.05) is 4.49 Å². The third-order valence-electron chi connectivity index (χ3n) is 2.37. The molecule has 0 bridgehead atoms. The minimum Gasteiger partial charge on any atom is -0.321 e. The van der Waals surface area contributed by atoms with Gasteiger partial charge in [-0.2, -0.15) is 8.75 Å². The molecule has 0 radical (unpaired) electrons. The van der Waals surface area contributed by atoms with Crippen LogP contribution in [0.5, 0.6) is 0 Å². The second kappa shape index (κ2) is 4.39. The molecule has 0 saturated carbocycles. The van der Waals surface area contributed by atoms with Gasteiger partial charge in [-0.05, 0) is 36.7 Å². The van der Waals surface area contributed by atoms with Gasteiger partial charge >= 0.3 is 0 Å². The summed E-state index contributed by atoms with van der Waals surface area (Å²) in [4.78, 5) is 12.5. The van der Waals surface area contributed by atoms with Crippen molar-refractivity contribution in [3.63, 3.8) is 0 Å². The molecule has 0 aliphatic carbocycles. The minimum atomic E-state index is -0.204. The summed E-state index contributed by atoms with van der Waals surface area (Å²) in [6.45, 7) is 1.76. The molecule has 0 unspecified atom stereocenters. The molecule has 8 heteroatoms. The fourth-order valence-corrected chi connectivity index (χ4v) is 2.56. The number of carbonyl (C=O) groups excluding carboxylic acids is 1. The van der Waals surface area contributed by atoms with E-state index < -0.39 is 0 Å². The lowest BCUT2D eigenvalue weighted by atomic mass is 10.2. The first kappa shape index (κ1) is 11.2. The van der Waals surface area contributed by atoms with E-state index in [1.807, 2.05) is 6.07 Å². The normalized spacial score (nSPS) is 10.7. The quantitative estimate of drug-likeness (QED) is 0.776. The largest absolute Gasteiger partial charge is 0.321 e. The summed E-state index contributed by atoms with van der Waals surface area (Å²) in [5, 5.41) is 6.60. The van der Waals surface area contributed by atoms with Crippen molar-refractivity contribution in [3.8, 4) is 0 Å². The van der Waals surface area contributed by atoms with Crippen molar-refractivity contribution >= 4 is 45.9 Å². The summed E-state index contributed by atoms with van der Waals surface area (Å²) in [5.41, 5.74) is 2.92. The van der Waals surface area contributed by atoms with Gasteiger partial charge in [-0.25, -0.2) is 0 Å². The van der Waals surface area contributed by atoms with E-state index in [1.54, 1.807) is 19.1 Å². The molecule has 0 fully saturated rings. The Labute approximate surface area is 110 Å². The van der Waals surface area contributed by atoms with Gasteiger partial charge < -0.3 is 5.32 Å². The Balaban J connectivity index is 1.88. The monoisotopic (exact) mass is 277 g/mol. The fourth-order valence-electron chi connectivity index (χ4n) is 1.49. The Morgan fingerprint density at radius 1 is 1.28 bits per heavy atom. The number of hydrogen-bond donors (Lipinski definition) is 1. The molecule has 0 saturated heterocycles. The van der Waals surface area contributed by atoms with Gasteiger partial charge in [-0.3, -0.25) is 4.79 Å². The molecule has 0 atom stereocenters. The van der Waals surface area contributed by atoms with Gasteiger partial charge in [0.1, 0.15) is 15.9 Å². The molecule has 3 aromatic rings. The molecule has 0 aliphatic heterocycles. The molecule has 6 nitrogen and oxygen atoms in total. The van der Waals surface area contributed by atoms with Crippen LogP contribution in [-0.4, -0.2) is 24.2 Å². The summed E-state index contributed by atoms with van der Waals surface area (Å²) >= 11 is 2.23. The zero-order chi connectivity index (χ0) is 12.5. The maximum Gasteiger partial charge on any atom is 0.269 e. The zero-order valence-electron chi connectivity index (χ0n) is 9.25. The van der Waals surface area contributed by atoms with E-state index in [2.05, 4.69) is 23.7 Å². The number of hydrogen-bond acceptors (Lipinski definition) is 7. The van der Waals surface area contributed by atoms with E-state index in [0.717, 1.165) is 34.3 Å². The van der Waals surface area contributed by atoms with Gasteiger partial charge in [0.05, 0.1) is 17.4 Å². The number of benzene rings is 1. The van der Waals surface area contributed by atoms with Crippen LogP contribution in [0.15, 0.2) is 18.2 Å². The van der Waals surface area contributed by atoms with Crippen LogP contribution in [0.3, 0.4) is 0 Å². The SMILES string of the molecule is Cc1nnsc1C(=O)Nc1ccc2nsnc2c1. The average Bonchev–Trinajstić information content (AvgIpc) is 2.96. The Bertz CT molecular complexity index is 720. The third-order valence-corrected chi connectivity index (χ3v) is 3.75. The van der Waals surface area contributed by atoms with Gasteiger partial charge in [-0.15, -0.1) is 5.10 Å². The van der Waals surface area contributed by atoms with Crippen LogP contribution in [-0.2, 0) is 0 Å². The maximum absolute atomic E-state index is 12.0. The molecule has 1 N–H and O–H groups in total. The van der Waals surface area contributed by atoms with Crippen LogP contribution in [0.25, 0.3) is 11.0 Å². The zero-order valence-corrected chi connectivity index (χ0v) is 10.9. The molecular weight excluding hydrogens is 270 g/mol. The highest BCUT2D eigenvalue weighted by molar-refractivity contribution is 7.08. The number of carbonyl (C=O) groups is 1. The van der Waals surface area contributed by atoms with E-state index in [-0.39, 0.29) is 5.91 Å². The second-order valence-corrected chi connectivity index (χ2v) is 4.89. The molecule has 90 valence electrons. The van der Waals surface area contributed by atoms with Crippen LogP contribution in [0.2, 0.25) is 0 Å². The van der Waals surface area contributed by atoms with E-state index in [1.165, 1.54) is 0 Å². The first-order valence-corrected chi connectivity index (χ1v) is 6.57. The van der Waals surface area contributed by atoms with Crippen molar-refractivity contribution < 1.29 is 4.79 Å². The highest BCUT2D eigenvalue weighted by atomic mass is 32.1. The molecule has 1 amide bonds. The van der Waals surface area contributed by atoms with Crippen LogP contribution in [0.1, 0.15) is 15.4 Å². The van der Waals surface area contributed by atoms with E-state index in [0.29, 0.717) is 16.3 Å². The van der Waals surface area contributed by atoms with E-state index in [9.17, 15) is 4.79 Å². The molecule has 2 aromatic heterocycles. The Morgan fingerprint density at radius 2 is 2.11 bits per heavy atom. The Kier molecular flexibility index (Phi) is 2.73. The lowest BCUT2D eigenvalue weighted by Crippen LogP contribution is -2.11. The highest BCUT2D eigenvalue weighted by Crippen LogP contribution is 2.18. The number of nitrogens with zero attached hydrogens (tertiary/aromatic N) is 4. The molecule has 2 heterocycles. The first-order chi connectivity index (χ1) is 8.74. The average molecular weight is 277 g/mol. The number of anilines is 1. The number of aromatic nitrogens is 4. The standard InChI is InChI=1S/C10H7N5OS2/c1-5-9(17-15-12-5)10(16)11-6-2-3-7-8(4-6)14-18-13-7/h2-4H,1H3,(H,11,16). The number of rotatable bonds is 2. The van der Waals surface area contributed by atoms with Crippen molar-refractivity contribution in [1.82, 2.24) is 18.3 Å². The molecule has 3 rings (SSSR count). The second-order valence-electron chi connectivity index (χ2n) is 3.61. The van der Waals surface area contributed by atoms with Crippen LogP contribution >= 0.6 is 23.3 Å². The summed E-state index contributed by atoms with van der Waals surface area (Å²) in [5.74, 6) is -0.204. The number of aryl methyl sites for hydroxylation is 1. The predicted molar refractivity (Wildman–Crippen MR) is 70.0 cm³/mol. The lowest BCUT2D eigenvalue weighted by molar-refractivity contribution is 0.103. The molecule has 1 aromatic carbocycles. The summed E-state index contributed by atoms with van der Waals surface area (Å²) in [6, 6.07) is 5.41. The first-order valence-electron chi connectivity index (χ1n) is 5.06. The summed E-state index contributed by atoms with van der Waals surface area (Å²) < 4.78 is 12.0. The summed E-state index contributed by atoms with van der Waals surface area (Å²) in [6.07, 6.45) is 0. The number of nitrogens with one attached hydrogen (secondary N) is 1. The smallest absolute Gasteiger partial charge is 0.269 e. The third kappa shape index (κ3) is 1.95. The molecule has 18 heavy (non-hydrogen) atoms. The Morgan fingerprint density at radius 3 is 2.89 bits per heavy atom. The lowest BCUT2D eigenvalue weighted by Gasteiger charge is -2.02. The van der Waals surface area contributed by atoms with Gasteiger partial charge in [0.25, 0.3) is 5.91 Å². The van der Waals surface area contributed by atoms with Crippen molar-refractivity contribution in [1.29, 1.82) is 0 Å². The molecular formula is C10H7N5OS2. The number of fused-ring (bicyclic) bond motifs is 1. The van der Waals surface area contributed by atoms with Crippen molar-refractivity contribution in [2.24, 2.45) is 0 Å². The van der Waals surface area contributed by atoms with E-state index >= 15 is 0 Å².